The first-order chi connectivity index (χ1) is 5.14. The molecule has 0 aromatic heterocycles. The maximum atomic E-state index is 12.3. The van der Waals surface area contributed by atoms with Crippen LogP contribution in [0.1, 0.15) is 0 Å². The van der Waals surface area contributed by atoms with Crippen LogP contribution >= 0.6 is 27.5 Å². The van der Waals surface area contributed by atoms with E-state index in [4.69, 9.17) is 0 Å². The third-order valence-corrected chi connectivity index (χ3v) is 1.90. The van der Waals surface area contributed by atoms with Crippen molar-refractivity contribution in [2.75, 3.05) is 0 Å². The Morgan fingerprint density at radius 3 is 1.50 bits per heavy atom. The second-order valence-electron chi connectivity index (χ2n) is 1.67. The van der Waals surface area contributed by atoms with Gasteiger partial charge in [0, 0.05) is 0 Å². The first-order valence-electron chi connectivity index (χ1n) is 2.26. The van der Waals surface area contributed by atoms with Crippen LogP contribution in [0.3, 0.4) is 0 Å². The van der Waals surface area contributed by atoms with Crippen molar-refractivity contribution in [3.05, 3.63) is 12.1 Å². The largest absolute Gasteiger partial charge is 0.363 e. The minimum atomic E-state index is -5.10. The van der Waals surface area contributed by atoms with Gasteiger partial charge in [0.05, 0.1) is 0 Å². The summed E-state index contributed by atoms with van der Waals surface area (Å²) >= 11 is 5.40. The Balaban J connectivity index is 4.75. The molecule has 12 heavy (non-hydrogen) atoms. The summed E-state index contributed by atoms with van der Waals surface area (Å²) in [4.78, 5) is 0. The topological polar surface area (TPSA) is 0 Å². The van der Waals surface area contributed by atoms with Gasteiger partial charge in [0.15, 0.2) is 0 Å². The average molecular weight is 277 g/mol. The molecule has 0 saturated carbocycles. The number of rotatable bonds is 3. The minimum Gasteiger partial charge on any atom is -0.217 e. The van der Waals surface area contributed by atoms with Gasteiger partial charge in [-0.05, 0) is 15.9 Å². The van der Waals surface area contributed by atoms with Gasteiger partial charge in [-0.2, -0.15) is 17.6 Å². The Hall–Kier alpha value is 0.350. The standard InChI is InChI=1S/C4BrClF6/c5-3(10,2(8)9)4(11,12)1(6)7. The number of hydrogen-bond acceptors (Lipinski definition) is 0. The normalized spacial score (nSPS) is 18.5. The van der Waals surface area contributed by atoms with Crippen molar-refractivity contribution in [2.45, 2.75) is 10.5 Å². The molecule has 0 spiro atoms. The molecule has 0 aliphatic rings. The zero-order chi connectivity index (χ0) is 10.2. The third-order valence-electron chi connectivity index (χ3n) is 0.869. The summed E-state index contributed by atoms with van der Waals surface area (Å²) in [5.41, 5.74) is -2.75. The molecule has 0 aliphatic heterocycles. The van der Waals surface area contributed by atoms with E-state index in [9.17, 15) is 26.3 Å². The SMILES string of the molecule is F[C](Cl)C(F)(F)C(F)(Br)[C](F)F. The van der Waals surface area contributed by atoms with Crippen LogP contribution in [0.5, 0.6) is 0 Å². The van der Waals surface area contributed by atoms with Crippen LogP contribution in [0, 0.1) is 12.1 Å². The van der Waals surface area contributed by atoms with E-state index < -0.39 is 22.6 Å². The quantitative estimate of drug-likeness (QED) is 0.543. The van der Waals surface area contributed by atoms with E-state index in [1.54, 1.807) is 0 Å². The molecule has 0 amide bonds. The lowest BCUT2D eigenvalue weighted by atomic mass is 10.2. The molecule has 0 nitrogen and oxygen atoms in total. The van der Waals surface area contributed by atoms with E-state index in [0.29, 0.717) is 0 Å². The zero-order valence-corrected chi connectivity index (χ0v) is 7.37. The van der Waals surface area contributed by atoms with E-state index in [2.05, 4.69) is 11.6 Å². The Bertz CT molecular complexity index is 140. The zero-order valence-electron chi connectivity index (χ0n) is 5.02. The molecule has 0 aromatic rings. The molecule has 0 N–H and O–H groups in total. The molecule has 0 saturated heterocycles. The van der Waals surface area contributed by atoms with Gasteiger partial charge >= 0.3 is 22.6 Å². The first kappa shape index (κ1) is 12.3. The van der Waals surface area contributed by atoms with Crippen molar-refractivity contribution in [1.82, 2.24) is 0 Å². The summed E-state index contributed by atoms with van der Waals surface area (Å²) in [6.45, 7) is 0. The highest BCUT2D eigenvalue weighted by Crippen LogP contribution is 2.52. The van der Waals surface area contributed by atoms with Crippen LogP contribution < -0.4 is 0 Å². The lowest BCUT2D eigenvalue weighted by Crippen LogP contribution is -2.43. The first-order valence-corrected chi connectivity index (χ1v) is 3.43. The van der Waals surface area contributed by atoms with Crippen molar-refractivity contribution in [2.24, 2.45) is 0 Å². The fourth-order valence-corrected chi connectivity index (χ4v) is 0.656. The molecule has 2 radical (unpaired) electrons. The van der Waals surface area contributed by atoms with Crippen LogP contribution in [0.2, 0.25) is 0 Å². The van der Waals surface area contributed by atoms with Gasteiger partial charge in [0.1, 0.15) is 0 Å². The van der Waals surface area contributed by atoms with Gasteiger partial charge in [0.2, 0.25) is 0 Å². The molecule has 0 aliphatic carbocycles. The van der Waals surface area contributed by atoms with Crippen LogP contribution in [0.25, 0.3) is 0 Å². The molecule has 0 bridgehead atoms. The summed E-state index contributed by atoms with van der Waals surface area (Å²) in [6, 6.07) is 0. The van der Waals surface area contributed by atoms with Gasteiger partial charge in [-0.15, -0.1) is 0 Å². The lowest BCUT2D eigenvalue weighted by molar-refractivity contribution is -0.104. The molecule has 1 atom stereocenters. The molecular weight excluding hydrogens is 277 g/mol. The Kier molecular flexibility index (Phi) is 3.72. The van der Waals surface area contributed by atoms with Crippen LogP contribution in [-0.2, 0) is 0 Å². The fourth-order valence-electron chi connectivity index (χ4n) is 0.237. The summed E-state index contributed by atoms with van der Waals surface area (Å²) in [6.07, 6.45) is -3.32. The maximum absolute atomic E-state index is 12.3. The highest BCUT2D eigenvalue weighted by atomic mass is 79.9. The van der Waals surface area contributed by atoms with E-state index in [1.807, 2.05) is 0 Å². The van der Waals surface area contributed by atoms with Gasteiger partial charge in [-0.25, -0.2) is 8.78 Å². The second-order valence-corrected chi connectivity index (χ2v) is 3.09. The Morgan fingerprint density at radius 1 is 1.08 bits per heavy atom. The second kappa shape index (κ2) is 3.61. The molecular formula is C4BrClF6. The van der Waals surface area contributed by atoms with Gasteiger partial charge in [0.25, 0.3) is 0 Å². The molecule has 0 heterocycles. The monoisotopic (exact) mass is 276 g/mol. The van der Waals surface area contributed by atoms with Crippen molar-refractivity contribution in [1.29, 1.82) is 0 Å². The Morgan fingerprint density at radius 2 is 1.42 bits per heavy atom. The van der Waals surface area contributed by atoms with Crippen molar-refractivity contribution < 1.29 is 26.3 Å². The predicted molar refractivity (Wildman–Crippen MR) is 33.4 cm³/mol. The molecule has 0 fully saturated rings. The van der Waals surface area contributed by atoms with Crippen LogP contribution in [0.15, 0.2) is 0 Å². The lowest BCUT2D eigenvalue weighted by Gasteiger charge is -2.25. The Labute approximate surface area is 77.0 Å². The smallest absolute Gasteiger partial charge is 0.217 e. The third kappa shape index (κ3) is 1.99. The van der Waals surface area contributed by atoms with Gasteiger partial charge in [-0.1, -0.05) is 11.6 Å². The van der Waals surface area contributed by atoms with Gasteiger partial charge < -0.3 is 0 Å². The number of hydrogen-bond donors (Lipinski definition) is 0. The van der Waals surface area contributed by atoms with E-state index in [-0.39, 0.29) is 0 Å². The molecule has 72 valence electrons. The van der Waals surface area contributed by atoms with E-state index in [0.717, 1.165) is 0 Å². The highest BCUT2D eigenvalue weighted by Gasteiger charge is 2.66. The van der Waals surface area contributed by atoms with Crippen LogP contribution in [-0.4, -0.2) is 10.5 Å². The van der Waals surface area contributed by atoms with Crippen LogP contribution in [0.4, 0.5) is 26.3 Å². The predicted octanol–water partition coefficient (Wildman–Crippen LogP) is 3.81. The summed E-state index contributed by atoms with van der Waals surface area (Å²) < 4.78 is 66.5. The van der Waals surface area contributed by atoms with E-state index >= 15 is 0 Å². The number of halogens is 8. The van der Waals surface area contributed by atoms with E-state index in [1.165, 1.54) is 15.9 Å². The number of alkyl halides is 4. The molecule has 0 rings (SSSR count). The highest BCUT2D eigenvalue weighted by molar-refractivity contribution is 9.10. The fraction of sp³-hybridized carbons (Fsp3) is 0.500. The van der Waals surface area contributed by atoms with Gasteiger partial charge in [-0.3, -0.25) is 0 Å². The summed E-state index contributed by atoms with van der Waals surface area (Å²) in [5, 5.41) is 0. The van der Waals surface area contributed by atoms with Crippen molar-refractivity contribution in [3.63, 3.8) is 0 Å². The summed E-state index contributed by atoms with van der Waals surface area (Å²) in [5.74, 6) is -5.10. The molecule has 0 aromatic carbocycles. The molecule has 8 heteroatoms. The average Bonchev–Trinajstić information content (AvgIpc) is 1.86. The minimum absolute atomic E-state index is 1.32. The maximum Gasteiger partial charge on any atom is 0.363 e. The van der Waals surface area contributed by atoms with Crippen molar-refractivity contribution in [3.8, 4) is 0 Å². The molecule has 1 unspecified atom stereocenters. The summed E-state index contributed by atoms with van der Waals surface area (Å²) in [7, 11) is 0. The van der Waals surface area contributed by atoms with Crippen molar-refractivity contribution >= 4 is 27.5 Å².